The normalized spacial score (nSPS) is 16.0. The van der Waals surface area contributed by atoms with E-state index in [9.17, 15) is 18.4 Å². The Kier molecular flexibility index (Phi) is 7.06. The van der Waals surface area contributed by atoms with E-state index in [0.717, 1.165) is 25.1 Å². The topological polar surface area (TPSA) is 52.7 Å². The second-order valence-electron chi connectivity index (χ2n) is 5.88. The fourth-order valence-electron chi connectivity index (χ4n) is 2.74. The molecular weight excluding hydrogens is 328 g/mol. The molecule has 0 bridgehead atoms. The van der Waals surface area contributed by atoms with E-state index in [1.165, 1.54) is 18.2 Å². The minimum atomic E-state index is -0.701. The molecule has 136 valence electrons. The van der Waals surface area contributed by atoms with Crippen molar-refractivity contribution in [3.05, 3.63) is 41.5 Å². The summed E-state index contributed by atoms with van der Waals surface area (Å²) in [5.74, 6) is -1.72. The third-order valence-corrected chi connectivity index (χ3v) is 4.03. The molecule has 0 aromatic heterocycles. The number of nitrogens with one attached hydrogen (secondary N) is 1. The molecule has 7 heteroatoms. The lowest BCUT2D eigenvalue weighted by molar-refractivity contribution is -0.125. The van der Waals surface area contributed by atoms with Gasteiger partial charge in [-0.2, -0.15) is 0 Å². The number of carbonyl (C=O) groups excluding carboxylic acids is 2. The zero-order valence-corrected chi connectivity index (χ0v) is 14.3. The summed E-state index contributed by atoms with van der Waals surface area (Å²) in [7, 11) is 0. The minimum absolute atomic E-state index is 0.0304. The molecule has 0 aliphatic carbocycles. The van der Waals surface area contributed by atoms with Crippen molar-refractivity contribution in [2.45, 2.75) is 13.3 Å². The summed E-state index contributed by atoms with van der Waals surface area (Å²) in [6.45, 7) is 5.11. The van der Waals surface area contributed by atoms with Crippen molar-refractivity contribution >= 4 is 17.9 Å². The highest BCUT2D eigenvalue weighted by atomic mass is 19.1. The number of rotatable bonds is 5. The van der Waals surface area contributed by atoms with Crippen molar-refractivity contribution in [3.63, 3.8) is 0 Å². The molecule has 1 aliphatic heterocycles. The van der Waals surface area contributed by atoms with Crippen LogP contribution < -0.4 is 5.32 Å². The third kappa shape index (κ3) is 5.63. The van der Waals surface area contributed by atoms with E-state index in [1.807, 2.05) is 11.8 Å². The van der Waals surface area contributed by atoms with E-state index < -0.39 is 11.6 Å². The molecule has 25 heavy (non-hydrogen) atoms. The molecule has 5 nitrogen and oxygen atoms in total. The Labute approximate surface area is 146 Å². The Bertz CT molecular complexity index is 629. The summed E-state index contributed by atoms with van der Waals surface area (Å²) >= 11 is 0. The average Bonchev–Trinajstić information content (AvgIpc) is 2.80. The first-order valence-corrected chi connectivity index (χ1v) is 8.41. The highest BCUT2D eigenvalue weighted by Crippen LogP contribution is 2.14. The zero-order chi connectivity index (χ0) is 18.2. The van der Waals surface area contributed by atoms with E-state index in [1.54, 1.807) is 4.90 Å². The molecule has 2 rings (SSSR count). The molecular formula is C18H23F2N3O2. The Balaban J connectivity index is 1.92. The fraction of sp³-hybridized carbons (Fsp3) is 0.444. The summed E-state index contributed by atoms with van der Waals surface area (Å²) < 4.78 is 27.2. The highest BCUT2D eigenvalue weighted by Gasteiger charge is 2.19. The average molecular weight is 351 g/mol. The van der Waals surface area contributed by atoms with Crippen LogP contribution in [0, 0.1) is 11.6 Å². The SMILES string of the molecule is CCNC(=O)CN1CCCN(C(=O)C=Cc2c(F)cccc2F)CC1. The smallest absolute Gasteiger partial charge is 0.246 e. The van der Waals surface area contributed by atoms with Crippen molar-refractivity contribution in [2.24, 2.45) is 0 Å². The summed E-state index contributed by atoms with van der Waals surface area (Å²) in [6, 6.07) is 3.58. The van der Waals surface area contributed by atoms with Gasteiger partial charge in [-0.3, -0.25) is 14.5 Å². The van der Waals surface area contributed by atoms with Gasteiger partial charge in [-0.15, -0.1) is 0 Å². The largest absolute Gasteiger partial charge is 0.355 e. The van der Waals surface area contributed by atoms with Gasteiger partial charge in [-0.1, -0.05) is 6.07 Å². The number of amides is 2. The monoisotopic (exact) mass is 351 g/mol. The molecule has 1 aromatic rings. The molecule has 1 aromatic carbocycles. The van der Waals surface area contributed by atoms with Crippen LogP contribution in [0.25, 0.3) is 6.08 Å². The van der Waals surface area contributed by atoms with Gasteiger partial charge >= 0.3 is 0 Å². The van der Waals surface area contributed by atoms with Crippen LogP contribution in [0.5, 0.6) is 0 Å². The van der Waals surface area contributed by atoms with Crippen LogP contribution >= 0.6 is 0 Å². The lowest BCUT2D eigenvalue weighted by Crippen LogP contribution is -2.39. The third-order valence-electron chi connectivity index (χ3n) is 4.03. The summed E-state index contributed by atoms with van der Waals surface area (Å²) in [6.07, 6.45) is 3.11. The van der Waals surface area contributed by atoms with E-state index in [4.69, 9.17) is 0 Å². The lowest BCUT2D eigenvalue weighted by Gasteiger charge is -2.20. The number of likely N-dealkylation sites (N-methyl/N-ethyl adjacent to an activating group) is 1. The van der Waals surface area contributed by atoms with Crippen LogP contribution in [0.3, 0.4) is 0 Å². The Morgan fingerprint density at radius 1 is 1.16 bits per heavy atom. The summed E-state index contributed by atoms with van der Waals surface area (Å²) in [5, 5.41) is 2.75. The van der Waals surface area contributed by atoms with Crippen LogP contribution in [-0.4, -0.2) is 60.9 Å². The number of benzene rings is 1. The van der Waals surface area contributed by atoms with E-state index >= 15 is 0 Å². The zero-order valence-electron chi connectivity index (χ0n) is 14.3. The molecule has 0 saturated carbocycles. The molecule has 1 saturated heterocycles. The highest BCUT2D eigenvalue weighted by molar-refractivity contribution is 5.91. The van der Waals surface area contributed by atoms with Gasteiger partial charge in [0.25, 0.3) is 0 Å². The van der Waals surface area contributed by atoms with Crippen LogP contribution in [0.2, 0.25) is 0 Å². The van der Waals surface area contributed by atoms with Crippen molar-refractivity contribution in [2.75, 3.05) is 39.3 Å². The second kappa shape index (κ2) is 9.27. The van der Waals surface area contributed by atoms with Crippen LogP contribution in [0.1, 0.15) is 18.9 Å². The number of carbonyl (C=O) groups is 2. The number of nitrogens with zero attached hydrogens (tertiary/aromatic N) is 2. The van der Waals surface area contributed by atoms with Gasteiger partial charge in [-0.05, 0) is 31.6 Å². The van der Waals surface area contributed by atoms with Gasteiger partial charge in [0.1, 0.15) is 11.6 Å². The molecule has 1 N–H and O–H groups in total. The van der Waals surface area contributed by atoms with Crippen molar-refractivity contribution in [1.29, 1.82) is 0 Å². The van der Waals surface area contributed by atoms with Gasteiger partial charge in [-0.25, -0.2) is 8.78 Å². The molecule has 0 radical (unpaired) electrons. The molecule has 1 aliphatic rings. The van der Waals surface area contributed by atoms with Gasteiger partial charge in [0.05, 0.1) is 6.54 Å². The first-order valence-electron chi connectivity index (χ1n) is 8.41. The molecule has 0 spiro atoms. The maximum Gasteiger partial charge on any atom is 0.246 e. The number of hydrogen-bond donors (Lipinski definition) is 1. The van der Waals surface area contributed by atoms with Crippen molar-refractivity contribution in [3.8, 4) is 0 Å². The first-order chi connectivity index (χ1) is 12.0. The molecule has 2 amide bonds. The van der Waals surface area contributed by atoms with Gasteiger partial charge in [0.15, 0.2) is 0 Å². The quantitative estimate of drug-likeness (QED) is 0.821. The maximum atomic E-state index is 13.6. The predicted molar refractivity (Wildman–Crippen MR) is 91.7 cm³/mol. The molecule has 1 fully saturated rings. The first kappa shape index (κ1) is 19.1. The van der Waals surface area contributed by atoms with Gasteiger partial charge < -0.3 is 10.2 Å². The van der Waals surface area contributed by atoms with Crippen LogP contribution in [0.4, 0.5) is 8.78 Å². The van der Waals surface area contributed by atoms with Crippen LogP contribution in [-0.2, 0) is 9.59 Å². The summed E-state index contributed by atoms with van der Waals surface area (Å²) in [5.41, 5.74) is -0.219. The number of halogens is 2. The van der Waals surface area contributed by atoms with E-state index in [0.29, 0.717) is 32.7 Å². The fourth-order valence-corrected chi connectivity index (χ4v) is 2.74. The predicted octanol–water partition coefficient (Wildman–Crippen LogP) is 1.65. The van der Waals surface area contributed by atoms with E-state index in [2.05, 4.69) is 5.32 Å². The molecule has 0 unspecified atom stereocenters. The number of hydrogen-bond acceptors (Lipinski definition) is 3. The minimum Gasteiger partial charge on any atom is -0.355 e. The molecule has 1 heterocycles. The Hall–Kier alpha value is -2.28. The van der Waals surface area contributed by atoms with Crippen molar-refractivity contribution in [1.82, 2.24) is 15.1 Å². The van der Waals surface area contributed by atoms with Gasteiger partial charge in [0.2, 0.25) is 11.8 Å². The molecule has 0 atom stereocenters. The Morgan fingerprint density at radius 3 is 2.56 bits per heavy atom. The van der Waals surface area contributed by atoms with E-state index in [-0.39, 0.29) is 17.4 Å². The van der Waals surface area contributed by atoms with Crippen molar-refractivity contribution < 1.29 is 18.4 Å². The van der Waals surface area contributed by atoms with Crippen LogP contribution in [0.15, 0.2) is 24.3 Å². The maximum absolute atomic E-state index is 13.6. The second-order valence-corrected chi connectivity index (χ2v) is 5.88. The Morgan fingerprint density at radius 2 is 1.88 bits per heavy atom. The van der Waals surface area contributed by atoms with Gasteiger partial charge in [0, 0.05) is 44.4 Å². The standard InChI is InChI=1S/C18H23F2N3O2/c1-2-21-17(24)13-22-9-4-10-23(12-11-22)18(25)8-7-14-15(19)5-3-6-16(14)20/h3,5-8H,2,4,9-13H2,1H3,(H,21,24). The lowest BCUT2D eigenvalue weighted by atomic mass is 10.2. The summed E-state index contributed by atoms with van der Waals surface area (Å²) in [4.78, 5) is 27.6.